The van der Waals surface area contributed by atoms with Gasteiger partial charge in [-0.15, -0.1) is 0 Å². The monoisotopic (exact) mass is 533 g/mol. The average molecular weight is 535 g/mol. The molecule has 0 bridgehead atoms. The van der Waals surface area contributed by atoms with Crippen LogP contribution in [0.5, 0.6) is 0 Å². The lowest BCUT2D eigenvalue weighted by Gasteiger charge is -2.47. The second-order valence-corrected chi connectivity index (χ2v) is 11.3. The molecule has 2 saturated carbocycles. The molecule has 8 heteroatoms. The SMILES string of the molecule is COC(C1CCCCC1)C1(C(C(=O)NC2CCCC2)c2cccc(Cl)c2)Nc2cc(F)c(Cl)cc2N1. The zero-order valence-electron chi connectivity index (χ0n) is 20.6. The number of carbonyl (C=O) groups excluding carboxylic acids is 1. The van der Waals surface area contributed by atoms with Gasteiger partial charge in [0.15, 0.2) is 5.66 Å². The molecule has 0 spiro atoms. The van der Waals surface area contributed by atoms with Crippen molar-refractivity contribution in [3.63, 3.8) is 0 Å². The van der Waals surface area contributed by atoms with Crippen LogP contribution in [0.2, 0.25) is 10.0 Å². The van der Waals surface area contributed by atoms with E-state index in [2.05, 4.69) is 16.0 Å². The summed E-state index contributed by atoms with van der Waals surface area (Å²) in [4.78, 5) is 14.2. The van der Waals surface area contributed by atoms with Gasteiger partial charge in [0.2, 0.25) is 5.91 Å². The summed E-state index contributed by atoms with van der Waals surface area (Å²) < 4.78 is 20.8. The molecule has 3 aliphatic rings. The third-order valence-corrected chi connectivity index (χ3v) is 8.65. The van der Waals surface area contributed by atoms with Crippen molar-refractivity contribution in [2.45, 2.75) is 81.5 Å². The molecule has 5 nitrogen and oxygen atoms in total. The van der Waals surface area contributed by atoms with Gasteiger partial charge in [0, 0.05) is 24.2 Å². The Hall–Kier alpha value is -2.02. The quantitative estimate of drug-likeness (QED) is 0.355. The molecule has 36 heavy (non-hydrogen) atoms. The Balaban J connectivity index is 1.64. The maximum absolute atomic E-state index is 14.5. The number of anilines is 2. The fourth-order valence-corrected chi connectivity index (χ4v) is 6.89. The Bertz CT molecular complexity index is 1070. The Morgan fingerprint density at radius 2 is 1.69 bits per heavy atom. The molecule has 3 unspecified atom stereocenters. The van der Waals surface area contributed by atoms with Gasteiger partial charge in [-0.1, -0.05) is 67.4 Å². The molecular weight excluding hydrogens is 500 g/mol. The fourth-order valence-electron chi connectivity index (χ4n) is 6.53. The van der Waals surface area contributed by atoms with Crippen LogP contribution in [0.15, 0.2) is 36.4 Å². The van der Waals surface area contributed by atoms with Crippen molar-refractivity contribution >= 4 is 40.5 Å². The Morgan fingerprint density at radius 3 is 2.36 bits per heavy atom. The maximum atomic E-state index is 14.5. The number of amides is 1. The number of rotatable bonds is 7. The van der Waals surface area contributed by atoms with Gasteiger partial charge < -0.3 is 20.7 Å². The Kier molecular flexibility index (Phi) is 7.66. The number of hydrogen-bond donors (Lipinski definition) is 3. The second kappa shape index (κ2) is 10.8. The van der Waals surface area contributed by atoms with Crippen LogP contribution in [0.3, 0.4) is 0 Å². The second-order valence-electron chi connectivity index (χ2n) is 10.5. The molecule has 0 radical (unpaired) electrons. The van der Waals surface area contributed by atoms with Crippen LogP contribution in [0.4, 0.5) is 15.8 Å². The van der Waals surface area contributed by atoms with Crippen LogP contribution >= 0.6 is 23.2 Å². The van der Waals surface area contributed by atoms with Gasteiger partial charge in [-0.3, -0.25) is 4.79 Å². The zero-order chi connectivity index (χ0) is 25.3. The number of nitrogens with one attached hydrogen (secondary N) is 3. The van der Waals surface area contributed by atoms with Crippen LogP contribution < -0.4 is 16.0 Å². The third kappa shape index (κ3) is 4.92. The fraction of sp³-hybridized carbons (Fsp3) is 0.536. The van der Waals surface area contributed by atoms with Crippen molar-refractivity contribution in [3.8, 4) is 0 Å². The van der Waals surface area contributed by atoms with Crippen LogP contribution in [0, 0.1) is 11.7 Å². The number of hydrogen-bond acceptors (Lipinski definition) is 4. The standard InChI is InChI=1S/C28H34Cl2FN3O2/c1-36-26(17-8-3-2-4-9-17)28(33-23-15-21(30)22(31)16-24(23)34-28)25(18-10-7-11-19(29)14-18)27(35)32-20-12-5-6-13-20/h7,10-11,14-17,20,25-26,33-34H,2-6,8-9,12-13H2,1H3,(H,32,35). The first-order valence-electron chi connectivity index (χ1n) is 13.1. The highest BCUT2D eigenvalue weighted by Gasteiger charge is 2.56. The largest absolute Gasteiger partial charge is 0.377 e. The third-order valence-electron chi connectivity index (χ3n) is 8.13. The van der Waals surface area contributed by atoms with E-state index in [-0.39, 0.29) is 29.0 Å². The number of ether oxygens (including phenoxy) is 1. The zero-order valence-corrected chi connectivity index (χ0v) is 22.1. The highest BCUT2D eigenvalue weighted by atomic mass is 35.5. The minimum Gasteiger partial charge on any atom is -0.377 e. The van der Waals surface area contributed by atoms with Crippen LogP contribution in [-0.4, -0.2) is 30.8 Å². The molecule has 0 aromatic heterocycles. The highest BCUT2D eigenvalue weighted by Crippen LogP contribution is 2.49. The summed E-state index contributed by atoms with van der Waals surface area (Å²) in [5, 5.41) is 11.0. The normalized spacial score (nSPS) is 24.0. The lowest BCUT2D eigenvalue weighted by Crippen LogP contribution is -2.63. The van der Waals surface area contributed by atoms with E-state index >= 15 is 0 Å². The Labute approximate surface area is 222 Å². The summed E-state index contributed by atoms with van der Waals surface area (Å²) in [6, 6.07) is 10.6. The molecule has 2 aliphatic carbocycles. The summed E-state index contributed by atoms with van der Waals surface area (Å²) in [5.74, 6) is -1.08. The van der Waals surface area contributed by atoms with E-state index in [0.717, 1.165) is 56.9 Å². The summed E-state index contributed by atoms with van der Waals surface area (Å²) in [7, 11) is 1.70. The van der Waals surface area contributed by atoms with E-state index in [0.29, 0.717) is 16.4 Å². The van der Waals surface area contributed by atoms with E-state index in [4.69, 9.17) is 27.9 Å². The smallest absolute Gasteiger partial charge is 0.232 e. The molecule has 2 aromatic carbocycles. The van der Waals surface area contributed by atoms with Gasteiger partial charge in [-0.2, -0.15) is 0 Å². The average Bonchev–Trinajstić information content (AvgIpc) is 3.49. The van der Waals surface area contributed by atoms with E-state index in [1.807, 2.05) is 18.2 Å². The first-order valence-corrected chi connectivity index (χ1v) is 13.8. The minimum absolute atomic E-state index is 0.0280. The minimum atomic E-state index is -1.07. The van der Waals surface area contributed by atoms with Crippen LogP contribution in [0.25, 0.3) is 0 Å². The summed E-state index contributed by atoms with van der Waals surface area (Å²) in [5.41, 5.74) is 0.925. The number of carbonyl (C=O) groups is 1. The molecule has 194 valence electrons. The number of fused-ring (bicyclic) bond motifs is 1. The molecule has 3 atom stereocenters. The molecular formula is C28H34Cl2FN3O2. The molecule has 2 fully saturated rings. The predicted molar refractivity (Wildman–Crippen MR) is 143 cm³/mol. The van der Waals surface area contributed by atoms with Crippen molar-refractivity contribution in [3.05, 3.63) is 57.8 Å². The molecule has 1 aliphatic heterocycles. The van der Waals surface area contributed by atoms with Gasteiger partial charge in [-0.25, -0.2) is 4.39 Å². The number of methoxy groups -OCH3 is 1. The molecule has 3 N–H and O–H groups in total. The van der Waals surface area contributed by atoms with Gasteiger partial charge in [0.05, 0.1) is 16.4 Å². The summed E-state index contributed by atoms with van der Waals surface area (Å²) >= 11 is 12.6. The van der Waals surface area contributed by atoms with Gasteiger partial charge >= 0.3 is 0 Å². The van der Waals surface area contributed by atoms with Gasteiger partial charge in [0.1, 0.15) is 17.8 Å². The van der Waals surface area contributed by atoms with E-state index in [1.165, 1.54) is 12.5 Å². The molecule has 1 amide bonds. The first kappa shape index (κ1) is 25.6. The maximum Gasteiger partial charge on any atom is 0.232 e. The number of benzene rings is 2. The van der Waals surface area contributed by atoms with E-state index in [9.17, 15) is 9.18 Å². The summed E-state index contributed by atoms with van der Waals surface area (Å²) in [6.07, 6.45) is 9.23. The number of halogens is 3. The molecule has 5 rings (SSSR count). The molecule has 1 heterocycles. The lowest BCUT2D eigenvalue weighted by molar-refractivity contribution is -0.126. The first-order chi connectivity index (χ1) is 17.4. The van der Waals surface area contributed by atoms with E-state index < -0.39 is 17.4 Å². The van der Waals surface area contributed by atoms with Gasteiger partial charge in [0.25, 0.3) is 0 Å². The molecule has 0 saturated heterocycles. The van der Waals surface area contributed by atoms with Crippen molar-refractivity contribution in [1.82, 2.24) is 5.32 Å². The van der Waals surface area contributed by atoms with Gasteiger partial charge in [-0.05, 0) is 55.4 Å². The van der Waals surface area contributed by atoms with E-state index in [1.54, 1.807) is 19.2 Å². The van der Waals surface area contributed by atoms with Crippen molar-refractivity contribution in [1.29, 1.82) is 0 Å². The highest BCUT2D eigenvalue weighted by molar-refractivity contribution is 6.31. The predicted octanol–water partition coefficient (Wildman–Crippen LogP) is 7.10. The van der Waals surface area contributed by atoms with Crippen molar-refractivity contribution < 1.29 is 13.9 Å². The van der Waals surface area contributed by atoms with Crippen molar-refractivity contribution in [2.75, 3.05) is 17.7 Å². The summed E-state index contributed by atoms with van der Waals surface area (Å²) in [6.45, 7) is 0. The van der Waals surface area contributed by atoms with Crippen molar-refractivity contribution in [2.24, 2.45) is 5.92 Å². The van der Waals surface area contributed by atoms with Crippen LogP contribution in [-0.2, 0) is 9.53 Å². The molecule has 2 aromatic rings. The Morgan fingerprint density at radius 1 is 1.03 bits per heavy atom. The van der Waals surface area contributed by atoms with Crippen LogP contribution in [0.1, 0.15) is 69.3 Å². The lowest BCUT2D eigenvalue weighted by atomic mass is 9.73. The topological polar surface area (TPSA) is 62.4 Å².